The molecule has 0 aliphatic heterocycles. The maximum absolute atomic E-state index is 11.8. The maximum Gasteiger partial charge on any atom is 0.414 e. The van der Waals surface area contributed by atoms with E-state index in [1.54, 1.807) is 12.1 Å². The molecule has 0 saturated carbocycles. The molecule has 0 aliphatic carbocycles. The molecule has 0 N–H and O–H groups in total. The van der Waals surface area contributed by atoms with E-state index in [1.165, 1.54) is 4.90 Å². The van der Waals surface area contributed by atoms with Crippen molar-refractivity contribution in [3.63, 3.8) is 0 Å². The van der Waals surface area contributed by atoms with Crippen molar-refractivity contribution in [2.75, 3.05) is 18.1 Å². The fourth-order valence-electron chi connectivity index (χ4n) is 1.35. The molecule has 0 spiro atoms. The Bertz CT molecular complexity index is 351. The van der Waals surface area contributed by atoms with Gasteiger partial charge in [0.25, 0.3) is 0 Å². The van der Waals surface area contributed by atoms with Crippen LogP contribution in [0, 0.1) is 0 Å². The number of unbranched alkanes of at least 4 members (excludes halogenated alkanes) is 1. The summed E-state index contributed by atoms with van der Waals surface area (Å²) in [5, 5.41) is 0. The normalized spacial score (nSPS) is 9.71. The predicted octanol–water partition coefficient (Wildman–Crippen LogP) is 2.63. The molecule has 0 aromatic heterocycles. The van der Waals surface area contributed by atoms with Crippen LogP contribution >= 0.6 is 0 Å². The molecular formula is C13H17NO3. The Morgan fingerprint density at radius 1 is 1.35 bits per heavy atom. The summed E-state index contributed by atoms with van der Waals surface area (Å²) < 4.78 is 5.08. The van der Waals surface area contributed by atoms with Gasteiger partial charge in [-0.15, -0.1) is 0 Å². The summed E-state index contributed by atoms with van der Waals surface area (Å²) in [5.41, 5.74) is 0.668. The van der Waals surface area contributed by atoms with Gasteiger partial charge in [-0.1, -0.05) is 31.5 Å². The van der Waals surface area contributed by atoms with Gasteiger partial charge in [0.05, 0.1) is 13.2 Å². The largest absolute Gasteiger partial charge is 0.449 e. The van der Waals surface area contributed by atoms with Crippen LogP contribution in [0.15, 0.2) is 30.3 Å². The molecule has 17 heavy (non-hydrogen) atoms. The van der Waals surface area contributed by atoms with E-state index in [0.717, 1.165) is 12.8 Å². The zero-order chi connectivity index (χ0) is 12.5. The lowest BCUT2D eigenvalue weighted by molar-refractivity contribution is -0.106. The molecule has 0 bridgehead atoms. The van der Waals surface area contributed by atoms with Crippen molar-refractivity contribution in [2.24, 2.45) is 0 Å². The number of nitrogens with zero attached hydrogens (tertiary/aromatic N) is 1. The Kier molecular flexibility index (Phi) is 5.79. The first kappa shape index (κ1) is 13.2. The van der Waals surface area contributed by atoms with Crippen molar-refractivity contribution in [1.29, 1.82) is 0 Å². The van der Waals surface area contributed by atoms with Crippen LogP contribution in [0.4, 0.5) is 10.5 Å². The molecule has 0 atom stereocenters. The van der Waals surface area contributed by atoms with Gasteiger partial charge in [-0.2, -0.15) is 0 Å². The van der Waals surface area contributed by atoms with Crippen molar-refractivity contribution >= 4 is 18.1 Å². The number of carbonyl (C=O) groups is 2. The van der Waals surface area contributed by atoms with Gasteiger partial charge in [0, 0.05) is 5.69 Å². The van der Waals surface area contributed by atoms with Crippen LogP contribution in [-0.4, -0.2) is 25.5 Å². The minimum Gasteiger partial charge on any atom is -0.449 e. The van der Waals surface area contributed by atoms with Crippen LogP contribution in [0.5, 0.6) is 0 Å². The number of hydrogen-bond donors (Lipinski definition) is 0. The molecule has 4 nitrogen and oxygen atoms in total. The van der Waals surface area contributed by atoms with Gasteiger partial charge in [0.2, 0.25) is 0 Å². The summed E-state index contributed by atoms with van der Waals surface area (Å²) in [6.07, 6.45) is 2.01. The Labute approximate surface area is 101 Å². The van der Waals surface area contributed by atoms with E-state index in [1.807, 2.05) is 25.1 Å². The average molecular weight is 235 g/mol. The lowest BCUT2D eigenvalue weighted by Crippen LogP contribution is -2.33. The standard InChI is InChI=1S/C13H17NO3/c1-2-3-11-17-13(16)14(9-10-15)12-7-5-4-6-8-12/h4-8,10H,2-3,9,11H2,1H3. The minimum absolute atomic E-state index is 0.00890. The molecule has 1 amide bonds. The number of aldehydes is 1. The summed E-state index contributed by atoms with van der Waals surface area (Å²) >= 11 is 0. The number of hydrogen-bond acceptors (Lipinski definition) is 3. The quantitative estimate of drug-likeness (QED) is 0.562. The molecule has 0 fully saturated rings. The van der Waals surface area contributed by atoms with E-state index in [9.17, 15) is 9.59 Å². The summed E-state index contributed by atoms with van der Waals surface area (Å²) in [5.74, 6) is 0. The summed E-state index contributed by atoms with van der Waals surface area (Å²) in [6.45, 7) is 2.42. The Hall–Kier alpha value is -1.84. The van der Waals surface area contributed by atoms with Crippen molar-refractivity contribution in [1.82, 2.24) is 0 Å². The number of para-hydroxylation sites is 1. The lowest BCUT2D eigenvalue weighted by Gasteiger charge is -2.19. The van der Waals surface area contributed by atoms with Gasteiger partial charge >= 0.3 is 6.09 Å². The minimum atomic E-state index is -0.475. The van der Waals surface area contributed by atoms with Crippen LogP contribution in [-0.2, 0) is 9.53 Å². The third-order valence-corrected chi connectivity index (χ3v) is 2.27. The Morgan fingerprint density at radius 2 is 2.06 bits per heavy atom. The Morgan fingerprint density at radius 3 is 2.65 bits per heavy atom. The van der Waals surface area contributed by atoms with Gasteiger partial charge in [-0.05, 0) is 18.6 Å². The van der Waals surface area contributed by atoms with E-state index < -0.39 is 6.09 Å². The van der Waals surface area contributed by atoms with Crippen LogP contribution in [0.3, 0.4) is 0 Å². The van der Waals surface area contributed by atoms with Crippen LogP contribution < -0.4 is 4.90 Å². The molecule has 0 unspecified atom stereocenters. The molecular weight excluding hydrogens is 218 g/mol. The number of carbonyl (C=O) groups excluding carboxylic acids is 2. The highest BCUT2D eigenvalue weighted by atomic mass is 16.6. The van der Waals surface area contributed by atoms with E-state index in [0.29, 0.717) is 18.6 Å². The number of rotatable bonds is 6. The smallest absolute Gasteiger partial charge is 0.414 e. The second kappa shape index (κ2) is 7.44. The van der Waals surface area contributed by atoms with E-state index in [4.69, 9.17) is 4.74 Å². The molecule has 1 aromatic carbocycles. The van der Waals surface area contributed by atoms with E-state index >= 15 is 0 Å². The molecule has 92 valence electrons. The third-order valence-electron chi connectivity index (χ3n) is 2.27. The van der Waals surface area contributed by atoms with E-state index in [-0.39, 0.29) is 6.54 Å². The van der Waals surface area contributed by atoms with Gasteiger partial charge in [0.1, 0.15) is 6.29 Å². The first-order valence-corrected chi connectivity index (χ1v) is 5.72. The topological polar surface area (TPSA) is 46.6 Å². The molecule has 4 heteroatoms. The Balaban J connectivity index is 2.65. The first-order chi connectivity index (χ1) is 8.29. The monoisotopic (exact) mass is 235 g/mol. The SMILES string of the molecule is CCCCOC(=O)N(CC=O)c1ccccc1. The number of anilines is 1. The fourth-order valence-corrected chi connectivity index (χ4v) is 1.35. The number of amides is 1. The highest BCUT2D eigenvalue weighted by molar-refractivity contribution is 5.90. The number of ether oxygens (including phenoxy) is 1. The number of benzene rings is 1. The maximum atomic E-state index is 11.8. The summed E-state index contributed by atoms with van der Waals surface area (Å²) in [6, 6.07) is 9.01. The highest BCUT2D eigenvalue weighted by Crippen LogP contribution is 2.13. The zero-order valence-corrected chi connectivity index (χ0v) is 9.96. The van der Waals surface area contributed by atoms with Crippen molar-refractivity contribution in [3.05, 3.63) is 30.3 Å². The second-order valence-electron chi connectivity index (χ2n) is 3.58. The first-order valence-electron chi connectivity index (χ1n) is 5.72. The van der Waals surface area contributed by atoms with E-state index in [2.05, 4.69) is 0 Å². The van der Waals surface area contributed by atoms with Crippen LogP contribution in [0.1, 0.15) is 19.8 Å². The summed E-state index contributed by atoms with van der Waals surface area (Å²) in [4.78, 5) is 23.6. The molecule has 0 saturated heterocycles. The lowest BCUT2D eigenvalue weighted by atomic mass is 10.3. The van der Waals surface area contributed by atoms with Gasteiger partial charge in [-0.25, -0.2) is 4.79 Å². The molecule has 0 aliphatic rings. The van der Waals surface area contributed by atoms with Crippen LogP contribution in [0.25, 0.3) is 0 Å². The summed E-state index contributed by atoms with van der Waals surface area (Å²) in [7, 11) is 0. The van der Waals surface area contributed by atoms with Gasteiger partial charge in [0.15, 0.2) is 0 Å². The third kappa shape index (κ3) is 4.26. The average Bonchev–Trinajstić information content (AvgIpc) is 2.37. The predicted molar refractivity (Wildman–Crippen MR) is 66.1 cm³/mol. The van der Waals surface area contributed by atoms with Crippen molar-refractivity contribution in [2.45, 2.75) is 19.8 Å². The highest BCUT2D eigenvalue weighted by Gasteiger charge is 2.15. The zero-order valence-electron chi connectivity index (χ0n) is 9.96. The molecule has 1 rings (SSSR count). The van der Waals surface area contributed by atoms with Gasteiger partial charge in [-0.3, -0.25) is 4.90 Å². The fraction of sp³-hybridized carbons (Fsp3) is 0.385. The molecule has 0 radical (unpaired) electrons. The molecule has 1 aromatic rings. The van der Waals surface area contributed by atoms with Crippen molar-refractivity contribution in [3.8, 4) is 0 Å². The second-order valence-corrected chi connectivity index (χ2v) is 3.58. The van der Waals surface area contributed by atoms with Crippen LogP contribution in [0.2, 0.25) is 0 Å². The molecule has 0 heterocycles. The van der Waals surface area contributed by atoms with Crippen molar-refractivity contribution < 1.29 is 14.3 Å². The van der Waals surface area contributed by atoms with Gasteiger partial charge < -0.3 is 9.53 Å².